The highest BCUT2D eigenvalue weighted by atomic mass is 16.5. The molecule has 0 unspecified atom stereocenters. The van der Waals surface area contributed by atoms with E-state index in [-0.39, 0.29) is 12.5 Å². The Labute approximate surface area is 108 Å². The van der Waals surface area contributed by atoms with E-state index in [2.05, 4.69) is 5.32 Å². The van der Waals surface area contributed by atoms with Gasteiger partial charge >= 0.3 is 0 Å². The second-order valence-corrected chi connectivity index (χ2v) is 5.01. The lowest BCUT2D eigenvalue weighted by atomic mass is 10.1. The molecule has 0 atom stereocenters. The highest BCUT2D eigenvalue weighted by molar-refractivity contribution is 5.77. The molecule has 1 fully saturated rings. The van der Waals surface area contributed by atoms with Gasteiger partial charge in [0.2, 0.25) is 0 Å². The van der Waals surface area contributed by atoms with E-state index in [1.807, 2.05) is 26.0 Å². The van der Waals surface area contributed by atoms with Crippen LogP contribution in [-0.2, 0) is 4.79 Å². The molecule has 98 valence electrons. The molecular weight excluding hydrogens is 228 g/mol. The summed E-state index contributed by atoms with van der Waals surface area (Å²) in [6.07, 6.45) is 2.47. The van der Waals surface area contributed by atoms with Crippen molar-refractivity contribution >= 4 is 11.6 Å². The van der Waals surface area contributed by atoms with Gasteiger partial charge in [-0.1, -0.05) is 0 Å². The molecule has 1 saturated carbocycles. The number of nitrogen functional groups attached to an aromatic ring is 1. The van der Waals surface area contributed by atoms with E-state index in [0.717, 1.165) is 29.1 Å². The molecule has 0 saturated heterocycles. The van der Waals surface area contributed by atoms with Crippen LogP contribution in [0.4, 0.5) is 5.69 Å². The lowest BCUT2D eigenvalue weighted by Crippen LogP contribution is -2.30. The Balaban J connectivity index is 1.84. The van der Waals surface area contributed by atoms with Gasteiger partial charge in [0, 0.05) is 12.2 Å². The van der Waals surface area contributed by atoms with E-state index in [0.29, 0.717) is 5.92 Å². The summed E-state index contributed by atoms with van der Waals surface area (Å²) in [7, 11) is 0. The van der Waals surface area contributed by atoms with Crippen LogP contribution in [0.3, 0.4) is 0 Å². The molecule has 1 aromatic rings. The molecule has 0 heterocycles. The van der Waals surface area contributed by atoms with Crippen LogP contribution in [0.5, 0.6) is 5.75 Å². The number of ether oxygens (including phenoxy) is 1. The number of anilines is 1. The summed E-state index contributed by atoms with van der Waals surface area (Å²) < 4.78 is 5.52. The van der Waals surface area contributed by atoms with Crippen molar-refractivity contribution in [1.29, 1.82) is 0 Å². The molecule has 3 N–H and O–H groups in total. The second kappa shape index (κ2) is 5.29. The van der Waals surface area contributed by atoms with Crippen molar-refractivity contribution in [3.05, 3.63) is 23.3 Å². The zero-order valence-corrected chi connectivity index (χ0v) is 11.0. The van der Waals surface area contributed by atoms with Gasteiger partial charge in [0.05, 0.1) is 0 Å². The Morgan fingerprint density at radius 3 is 2.78 bits per heavy atom. The number of aryl methyl sites for hydroxylation is 2. The summed E-state index contributed by atoms with van der Waals surface area (Å²) >= 11 is 0. The van der Waals surface area contributed by atoms with E-state index in [1.165, 1.54) is 12.8 Å². The number of hydrogen-bond acceptors (Lipinski definition) is 3. The molecular formula is C14H20N2O2. The van der Waals surface area contributed by atoms with Gasteiger partial charge < -0.3 is 15.8 Å². The topological polar surface area (TPSA) is 64.3 Å². The van der Waals surface area contributed by atoms with Gasteiger partial charge in [0.25, 0.3) is 5.91 Å². The first-order chi connectivity index (χ1) is 8.56. The van der Waals surface area contributed by atoms with Crippen LogP contribution in [0.2, 0.25) is 0 Å². The van der Waals surface area contributed by atoms with Crippen molar-refractivity contribution in [2.24, 2.45) is 5.92 Å². The van der Waals surface area contributed by atoms with Crippen LogP contribution in [0.25, 0.3) is 0 Å². The minimum absolute atomic E-state index is 0.0595. The number of carbonyl (C=O) groups is 1. The minimum Gasteiger partial charge on any atom is -0.483 e. The summed E-state index contributed by atoms with van der Waals surface area (Å²) in [6, 6.07) is 3.74. The molecule has 1 aromatic carbocycles. The lowest BCUT2D eigenvalue weighted by molar-refractivity contribution is -0.123. The molecule has 4 heteroatoms. The number of carbonyl (C=O) groups excluding carboxylic acids is 1. The monoisotopic (exact) mass is 248 g/mol. The molecule has 4 nitrogen and oxygen atoms in total. The summed E-state index contributed by atoms with van der Waals surface area (Å²) in [5.41, 5.74) is 8.47. The van der Waals surface area contributed by atoms with Crippen LogP contribution in [-0.4, -0.2) is 19.1 Å². The van der Waals surface area contributed by atoms with Crippen molar-refractivity contribution in [3.63, 3.8) is 0 Å². The Morgan fingerprint density at radius 1 is 1.39 bits per heavy atom. The fourth-order valence-corrected chi connectivity index (χ4v) is 1.74. The smallest absolute Gasteiger partial charge is 0.257 e. The van der Waals surface area contributed by atoms with Gasteiger partial charge in [0.15, 0.2) is 6.61 Å². The predicted molar refractivity (Wildman–Crippen MR) is 71.6 cm³/mol. The summed E-state index contributed by atoms with van der Waals surface area (Å²) in [5.74, 6) is 1.36. The number of nitrogens with one attached hydrogen (secondary N) is 1. The number of benzene rings is 1. The highest BCUT2D eigenvalue weighted by Gasteiger charge is 2.21. The van der Waals surface area contributed by atoms with Crippen molar-refractivity contribution in [3.8, 4) is 5.75 Å². The fourth-order valence-electron chi connectivity index (χ4n) is 1.74. The van der Waals surface area contributed by atoms with Crippen molar-refractivity contribution in [1.82, 2.24) is 5.32 Å². The third kappa shape index (κ3) is 3.39. The number of amides is 1. The van der Waals surface area contributed by atoms with Crippen LogP contribution in [0.15, 0.2) is 12.1 Å². The Hall–Kier alpha value is -1.71. The molecule has 0 spiro atoms. The van der Waals surface area contributed by atoms with Gasteiger partial charge in [0.1, 0.15) is 5.75 Å². The molecule has 1 aliphatic carbocycles. The van der Waals surface area contributed by atoms with E-state index < -0.39 is 0 Å². The third-order valence-corrected chi connectivity index (χ3v) is 3.21. The van der Waals surface area contributed by atoms with Crippen molar-refractivity contribution in [2.45, 2.75) is 26.7 Å². The second-order valence-electron chi connectivity index (χ2n) is 5.01. The van der Waals surface area contributed by atoms with Gasteiger partial charge in [-0.25, -0.2) is 0 Å². The molecule has 0 radical (unpaired) electrons. The maximum absolute atomic E-state index is 11.6. The van der Waals surface area contributed by atoms with E-state index in [9.17, 15) is 4.79 Å². The molecule has 1 aliphatic rings. The highest BCUT2D eigenvalue weighted by Crippen LogP contribution is 2.27. The first-order valence-electron chi connectivity index (χ1n) is 6.32. The maximum Gasteiger partial charge on any atom is 0.257 e. The molecule has 1 amide bonds. The SMILES string of the molecule is Cc1cc(OCC(=O)NCC2CC2)c(C)cc1N. The maximum atomic E-state index is 11.6. The van der Waals surface area contributed by atoms with Crippen molar-refractivity contribution in [2.75, 3.05) is 18.9 Å². The molecule has 0 bridgehead atoms. The molecule has 0 aliphatic heterocycles. The zero-order valence-electron chi connectivity index (χ0n) is 11.0. The Kier molecular flexibility index (Phi) is 3.75. The van der Waals surface area contributed by atoms with Crippen molar-refractivity contribution < 1.29 is 9.53 Å². The lowest BCUT2D eigenvalue weighted by Gasteiger charge is -2.11. The Bertz CT molecular complexity index is 453. The third-order valence-electron chi connectivity index (χ3n) is 3.21. The standard InChI is InChI=1S/C14H20N2O2/c1-9-6-13(10(2)5-12(9)15)18-8-14(17)16-7-11-3-4-11/h5-6,11H,3-4,7-8,15H2,1-2H3,(H,16,17). The van der Waals surface area contributed by atoms with E-state index >= 15 is 0 Å². The van der Waals surface area contributed by atoms with Gasteiger partial charge in [-0.2, -0.15) is 0 Å². The first-order valence-corrected chi connectivity index (χ1v) is 6.32. The molecule has 18 heavy (non-hydrogen) atoms. The minimum atomic E-state index is -0.0595. The predicted octanol–water partition coefficient (Wildman–Crippen LogP) is 1.79. The van der Waals surface area contributed by atoms with Crippen LogP contribution >= 0.6 is 0 Å². The van der Waals surface area contributed by atoms with E-state index in [1.54, 1.807) is 0 Å². The van der Waals surface area contributed by atoms with Crippen LogP contribution < -0.4 is 15.8 Å². The summed E-state index contributed by atoms with van der Waals surface area (Å²) in [6.45, 7) is 4.70. The van der Waals surface area contributed by atoms with Crippen LogP contribution in [0.1, 0.15) is 24.0 Å². The zero-order chi connectivity index (χ0) is 13.1. The molecule has 0 aromatic heterocycles. The average molecular weight is 248 g/mol. The fraction of sp³-hybridized carbons (Fsp3) is 0.500. The largest absolute Gasteiger partial charge is 0.483 e. The summed E-state index contributed by atoms with van der Waals surface area (Å²) in [4.78, 5) is 11.6. The number of rotatable bonds is 5. The Morgan fingerprint density at radius 2 is 2.11 bits per heavy atom. The van der Waals surface area contributed by atoms with Gasteiger partial charge in [-0.3, -0.25) is 4.79 Å². The van der Waals surface area contributed by atoms with Crippen LogP contribution in [0, 0.1) is 19.8 Å². The quantitative estimate of drug-likeness (QED) is 0.781. The van der Waals surface area contributed by atoms with Gasteiger partial charge in [-0.15, -0.1) is 0 Å². The van der Waals surface area contributed by atoms with E-state index in [4.69, 9.17) is 10.5 Å². The number of hydrogen-bond donors (Lipinski definition) is 2. The average Bonchev–Trinajstić information content (AvgIpc) is 3.13. The summed E-state index contributed by atoms with van der Waals surface area (Å²) in [5, 5.41) is 2.87. The number of nitrogens with two attached hydrogens (primary N) is 1. The normalized spacial score (nSPS) is 14.3. The van der Waals surface area contributed by atoms with Gasteiger partial charge in [-0.05, 0) is 55.9 Å². The molecule has 2 rings (SSSR count). The first kappa shape index (κ1) is 12.7.